The van der Waals surface area contributed by atoms with Crippen LogP contribution in [0.4, 0.5) is 0 Å². The lowest BCUT2D eigenvalue weighted by Gasteiger charge is -2.49. The van der Waals surface area contributed by atoms with Crippen molar-refractivity contribution >= 4 is 0 Å². The van der Waals surface area contributed by atoms with E-state index < -0.39 is 0 Å². The molecule has 2 fully saturated rings. The van der Waals surface area contributed by atoms with Crippen molar-refractivity contribution < 1.29 is 4.74 Å². The normalized spacial score (nSPS) is 33.2. The van der Waals surface area contributed by atoms with Crippen molar-refractivity contribution in [3.8, 4) is 0 Å². The lowest BCUT2D eigenvalue weighted by Crippen LogP contribution is -2.49. The number of piperidine rings is 1. The van der Waals surface area contributed by atoms with E-state index in [1.807, 2.05) is 0 Å². The summed E-state index contributed by atoms with van der Waals surface area (Å²) in [4.78, 5) is 2.62. The van der Waals surface area contributed by atoms with Crippen molar-refractivity contribution in [2.45, 2.75) is 71.9 Å². The van der Waals surface area contributed by atoms with Crippen LogP contribution in [0.25, 0.3) is 0 Å². The summed E-state index contributed by atoms with van der Waals surface area (Å²) in [7, 11) is 0. The second-order valence-electron chi connectivity index (χ2n) is 6.95. The SMILES string of the molecule is CCCC1OCC2(CCN(C(C)C)CC2)CC1C. The Balaban J connectivity index is 1.88. The molecule has 2 heterocycles. The lowest BCUT2D eigenvalue weighted by molar-refractivity contribution is -0.118. The second-order valence-corrected chi connectivity index (χ2v) is 6.95. The van der Waals surface area contributed by atoms with E-state index in [1.54, 1.807) is 0 Å². The van der Waals surface area contributed by atoms with Gasteiger partial charge in [-0.05, 0) is 64.0 Å². The lowest BCUT2D eigenvalue weighted by atomic mass is 9.70. The van der Waals surface area contributed by atoms with Crippen molar-refractivity contribution in [3.63, 3.8) is 0 Å². The first kappa shape index (κ1) is 14.3. The number of hydrogen-bond donors (Lipinski definition) is 0. The van der Waals surface area contributed by atoms with Gasteiger partial charge in [-0.25, -0.2) is 0 Å². The molecule has 18 heavy (non-hydrogen) atoms. The van der Waals surface area contributed by atoms with E-state index in [0.717, 1.165) is 12.5 Å². The third kappa shape index (κ3) is 3.08. The van der Waals surface area contributed by atoms with Crippen LogP contribution in [0.3, 0.4) is 0 Å². The predicted octanol–water partition coefficient (Wildman–Crippen LogP) is 3.70. The maximum Gasteiger partial charge on any atom is 0.0601 e. The minimum Gasteiger partial charge on any atom is -0.377 e. The minimum atomic E-state index is 0.509. The first-order chi connectivity index (χ1) is 8.56. The molecule has 0 N–H and O–H groups in total. The zero-order valence-electron chi connectivity index (χ0n) is 12.7. The molecular weight excluding hydrogens is 222 g/mol. The van der Waals surface area contributed by atoms with E-state index in [2.05, 4.69) is 32.6 Å². The maximum absolute atomic E-state index is 6.20. The van der Waals surface area contributed by atoms with E-state index >= 15 is 0 Å². The summed E-state index contributed by atoms with van der Waals surface area (Å²) >= 11 is 0. The summed E-state index contributed by atoms with van der Waals surface area (Å²) in [5.74, 6) is 0.754. The molecule has 0 aromatic carbocycles. The smallest absolute Gasteiger partial charge is 0.0601 e. The fourth-order valence-corrected chi connectivity index (χ4v) is 3.84. The highest BCUT2D eigenvalue weighted by atomic mass is 16.5. The molecule has 2 rings (SSSR count). The topological polar surface area (TPSA) is 12.5 Å². The van der Waals surface area contributed by atoms with Crippen LogP contribution in [-0.2, 0) is 4.74 Å². The third-order valence-electron chi connectivity index (χ3n) is 5.16. The summed E-state index contributed by atoms with van der Waals surface area (Å²) in [6.07, 6.45) is 7.11. The van der Waals surface area contributed by atoms with Crippen molar-refractivity contribution in [1.82, 2.24) is 4.90 Å². The van der Waals surface area contributed by atoms with Crippen molar-refractivity contribution in [3.05, 3.63) is 0 Å². The van der Waals surface area contributed by atoms with Crippen LogP contribution in [-0.4, -0.2) is 36.7 Å². The van der Waals surface area contributed by atoms with Gasteiger partial charge in [0.25, 0.3) is 0 Å². The molecule has 2 nitrogen and oxygen atoms in total. The zero-order valence-corrected chi connectivity index (χ0v) is 12.7. The van der Waals surface area contributed by atoms with Crippen LogP contribution >= 0.6 is 0 Å². The zero-order chi connectivity index (χ0) is 13.2. The molecular formula is C16H31NO. The molecule has 0 radical (unpaired) electrons. The average Bonchev–Trinajstić information content (AvgIpc) is 2.34. The molecule has 1 spiro atoms. The van der Waals surface area contributed by atoms with Crippen LogP contribution < -0.4 is 0 Å². The molecule has 2 heteroatoms. The van der Waals surface area contributed by atoms with Crippen molar-refractivity contribution in [1.29, 1.82) is 0 Å². The molecule has 2 aliphatic rings. The number of likely N-dealkylation sites (tertiary alicyclic amines) is 1. The first-order valence-electron chi connectivity index (χ1n) is 7.92. The number of hydrogen-bond acceptors (Lipinski definition) is 2. The summed E-state index contributed by atoms with van der Waals surface area (Å²) in [6, 6.07) is 0.706. The highest BCUT2D eigenvalue weighted by Gasteiger charge is 2.41. The standard InChI is InChI=1S/C16H31NO/c1-5-6-15-14(4)11-16(12-18-15)7-9-17(10-8-16)13(2)3/h13-15H,5-12H2,1-4H3. The molecule has 0 saturated carbocycles. The van der Waals surface area contributed by atoms with E-state index in [4.69, 9.17) is 4.74 Å². The van der Waals surface area contributed by atoms with Crippen molar-refractivity contribution in [2.75, 3.05) is 19.7 Å². The minimum absolute atomic E-state index is 0.509. The molecule has 0 aromatic heterocycles. The molecule has 0 amide bonds. The summed E-state index contributed by atoms with van der Waals surface area (Å²) in [5.41, 5.74) is 0.509. The average molecular weight is 253 g/mol. The van der Waals surface area contributed by atoms with Gasteiger partial charge < -0.3 is 9.64 Å². The number of rotatable bonds is 3. The Morgan fingerprint density at radius 1 is 1.28 bits per heavy atom. The Morgan fingerprint density at radius 3 is 2.44 bits per heavy atom. The molecule has 2 unspecified atom stereocenters. The molecule has 2 atom stereocenters. The highest BCUT2D eigenvalue weighted by Crippen LogP contribution is 2.43. The number of nitrogens with zero attached hydrogens (tertiary/aromatic N) is 1. The molecule has 106 valence electrons. The first-order valence-corrected chi connectivity index (χ1v) is 7.92. The summed E-state index contributed by atoms with van der Waals surface area (Å²) < 4.78 is 6.20. The summed E-state index contributed by atoms with van der Waals surface area (Å²) in [6.45, 7) is 12.9. The van der Waals surface area contributed by atoms with E-state index in [9.17, 15) is 0 Å². The van der Waals surface area contributed by atoms with Crippen LogP contribution in [0, 0.1) is 11.3 Å². The third-order valence-corrected chi connectivity index (χ3v) is 5.16. The van der Waals surface area contributed by atoms with Crippen LogP contribution in [0.5, 0.6) is 0 Å². The van der Waals surface area contributed by atoms with Gasteiger partial charge >= 0.3 is 0 Å². The molecule has 2 saturated heterocycles. The Bertz CT molecular complexity index is 256. The van der Waals surface area contributed by atoms with Gasteiger partial charge in [-0.3, -0.25) is 0 Å². The largest absolute Gasteiger partial charge is 0.377 e. The maximum atomic E-state index is 6.20. The summed E-state index contributed by atoms with van der Waals surface area (Å²) in [5, 5.41) is 0. The molecule has 0 bridgehead atoms. The van der Waals surface area contributed by atoms with Gasteiger partial charge in [-0.1, -0.05) is 20.3 Å². The van der Waals surface area contributed by atoms with Crippen LogP contribution in [0.15, 0.2) is 0 Å². The van der Waals surface area contributed by atoms with Gasteiger partial charge in [0.2, 0.25) is 0 Å². The number of ether oxygens (including phenoxy) is 1. The van der Waals surface area contributed by atoms with E-state index in [1.165, 1.54) is 45.2 Å². The van der Waals surface area contributed by atoms with Gasteiger partial charge in [0, 0.05) is 6.04 Å². The van der Waals surface area contributed by atoms with Gasteiger partial charge in [0.1, 0.15) is 0 Å². The van der Waals surface area contributed by atoms with Crippen LogP contribution in [0.2, 0.25) is 0 Å². The van der Waals surface area contributed by atoms with E-state index in [-0.39, 0.29) is 0 Å². The van der Waals surface area contributed by atoms with Crippen LogP contribution in [0.1, 0.15) is 59.8 Å². The monoisotopic (exact) mass is 253 g/mol. The fourth-order valence-electron chi connectivity index (χ4n) is 3.84. The molecule has 0 aliphatic carbocycles. The Hall–Kier alpha value is -0.0800. The van der Waals surface area contributed by atoms with Gasteiger partial charge in [0.05, 0.1) is 12.7 Å². The fraction of sp³-hybridized carbons (Fsp3) is 1.00. The van der Waals surface area contributed by atoms with Gasteiger partial charge in [-0.2, -0.15) is 0 Å². The predicted molar refractivity (Wildman–Crippen MR) is 76.8 cm³/mol. The van der Waals surface area contributed by atoms with Crippen molar-refractivity contribution in [2.24, 2.45) is 11.3 Å². The molecule has 0 aromatic rings. The quantitative estimate of drug-likeness (QED) is 0.760. The Labute approximate surface area is 113 Å². The van der Waals surface area contributed by atoms with E-state index in [0.29, 0.717) is 17.6 Å². The highest BCUT2D eigenvalue weighted by molar-refractivity contribution is 4.92. The Kier molecular flexibility index (Phi) is 4.71. The Morgan fingerprint density at radius 2 is 1.94 bits per heavy atom. The molecule has 2 aliphatic heterocycles. The van der Waals surface area contributed by atoms with Gasteiger partial charge in [-0.15, -0.1) is 0 Å². The second kappa shape index (κ2) is 5.92. The van der Waals surface area contributed by atoms with Gasteiger partial charge in [0.15, 0.2) is 0 Å².